The minimum Gasteiger partial charge on any atom is -0.237 e. The fourth-order valence-corrected chi connectivity index (χ4v) is 3.21. The first-order chi connectivity index (χ1) is 10.5. The van der Waals surface area contributed by atoms with Crippen LogP contribution >= 0.6 is 0 Å². The molecule has 1 aliphatic carbocycles. The Morgan fingerprint density at radius 1 is 1.32 bits per heavy atom. The molecule has 0 aliphatic heterocycles. The van der Waals surface area contributed by atoms with E-state index < -0.39 is 17.9 Å². The van der Waals surface area contributed by atoms with Crippen LogP contribution in [0, 0.1) is 5.95 Å². The lowest BCUT2D eigenvalue weighted by molar-refractivity contribution is 0.0558. The lowest BCUT2D eigenvalue weighted by atomic mass is 9.84. The molecule has 1 atom stereocenters. The van der Waals surface area contributed by atoms with E-state index in [0.29, 0.717) is 22.4 Å². The summed E-state index contributed by atoms with van der Waals surface area (Å²) in [5, 5.41) is 7.84. The quantitative estimate of drug-likeness (QED) is 0.731. The van der Waals surface area contributed by atoms with Crippen molar-refractivity contribution in [1.82, 2.24) is 24.4 Å². The maximum Gasteiger partial charge on any atom is 0.333 e. The molecule has 0 amide bonds. The number of aromatic nitrogens is 5. The molecule has 114 valence electrons. The van der Waals surface area contributed by atoms with Crippen LogP contribution in [0.3, 0.4) is 0 Å². The molecule has 4 rings (SSSR count). The molecule has 0 unspecified atom stereocenters. The molecule has 0 saturated heterocycles. The first kappa shape index (κ1) is 13.3. The van der Waals surface area contributed by atoms with E-state index in [-0.39, 0.29) is 0 Å². The molecule has 3 aromatic rings. The minimum atomic E-state index is -2.68. The second kappa shape index (κ2) is 4.31. The Morgan fingerprint density at radius 3 is 2.86 bits per heavy atom. The molecule has 0 bridgehead atoms. The van der Waals surface area contributed by atoms with Gasteiger partial charge in [-0.2, -0.15) is 18.3 Å². The molecule has 0 fully saturated rings. The van der Waals surface area contributed by atoms with Gasteiger partial charge in [-0.1, -0.05) is 0 Å². The van der Waals surface area contributed by atoms with E-state index >= 15 is 0 Å². The van der Waals surface area contributed by atoms with Gasteiger partial charge >= 0.3 is 6.55 Å². The fraction of sp³-hybridized carbons (Fsp3) is 0.357. The van der Waals surface area contributed by atoms with Gasteiger partial charge in [0.15, 0.2) is 5.65 Å². The Bertz CT molecular complexity index is 869. The van der Waals surface area contributed by atoms with Crippen molar-refractivity contribution in [2.75, 3.05) is 0 Å². The van der Waals surface area contributed by atoms with Gasteiger partial charge in [0.05, 0.1) is 16.8 Å². The zero-order valence-corrected chi connectivity index (χ0v) is 11.7. The summed E-state index contributed by atoms with van der Waals surface area (Å²) < 4.78 is 41.1. The number of halogens is 3. The molecule has 0 radical (unpaired) electrons. The number of nitrogens with zero attached hydrogens (tertiary/aromatic N) is 5. The molecule has 8 heteroatoms. The Balaban J connectivity index is 1.93. The Labute approximate surface area is 123 Å². The fourth-order valence-electron chi connectivity index (χ4n) is 3.21. The van der Waals surface area contributed by atoms with Gasteiger partial charge in [0, 0.05) is 18.5 Å². The summed E-state index contributed by atoms with van der Waals surface area (Å²) in [4.78, 5) is 4.18. The molecule has 3 heterocycles. The summed E-state index contributed by atoms with van der Waals surface area (Å²) in [6.07, 6.45) is 4.36. The van der Waals surface area contributed by atoms with E-state index in [4.69, 9.17) is 0 Å². The molecule has 1 aliphatic rings. The molecular formula is C14H12F3N5. The molecule has 0 aromatic carbocycles. The summed E-state index contributed by atoms with van der Waals surface area (Å²) in [7, 11) is 0. The van der Waals surface area contributed by atoms with Crippen LogP contribution in [0.25, 0.3) is 5.65 Å². The van der Waals surface area contributed by atoms with Gasteiger partial charge in [-0.05, 0) is 31.4 Å². The van der Waals surface area contributed by atoms with Gasteiger partial charge in [0.1, 0.15) is 0 Å². The lowest BCUT2D eigenvalue weighted by Crippen LogP contribution is -2.25. The second-order valence-electron chi connectivity index (χ2n) is 5.66. The number of hydrogen-bond donors (Lipinski definition) is 0. The van der Waals surface area contributed by atoms with Gasteiger partial charge in [-0.3, -0.25) is 0 Å². The van der Waals surface area contributed by atoms with E-state index in [1.807, 2.05) is 6.92 Å². The zero-order valence-electron chi connectivity index (χ0n) is 11.7. The van der Waals surface area contributed by atoms with Crippen molar-refractivity contribution in [1.29, 1.82) is 0 Å². The van der Waals surface area contributed by atoms with E-state index in [9.17, 15) is 13.2 Å². The average molecular weight is 307 g/mol. The third-order valence-electron chi connectivity index (χ3n) is 4.32. The van der Waals surface area contributed by atoms with Crippen molar-refractivity contribution >= 4 is 5.65 Å². The van der Waals surface area contributed by atoms with Crippen LogP contribution in [-0.4, -0.2) is 24.4 Å². The van der Waals surface area contributed by atoms with Crippen molar-refractivity contribution in [2.24, 2.45) is 0 Å². The third-order valence-corrected chi connectivity index (χ3v) is 4.32. The summed E-state index contributed by atoms with van der Waals surface area (Å²) in [6.45, 7) is -0.770. The van der Waals surface area contributed by atoms with E-state index in [1.54, 1.807) is 12.3 Å². The van der Waals surface area contributed by atoms with Crippen molar-refractivity contribution < 1.29 is 13.2 Å². The average Bonchev–Trinajstić information content (AvgIpc) is 3.15. The molecule has 0 spiro atoms. The lowest BCUT2D eigenvalue weighted by Gasteiger charge is -2.23. The first-order valence-corrected chi connectivity index (χ1v) is 6.86. The normalized spacial score (nSPS) is 21.0. The van der Waals surface area contributed by atoms with Crippen LogP contribution in [0.15, 0.2) is 24.5 Å². The monoisotopic (exact) mass is 307 g/mol. The number of aryl methyl sites for hydroxylation is 1. The van der Waals surface area contributed by atoms with Crippen LogP contribution in [0.4, 0.5) is 13.2 Å². The van der Waals surface area contributed by atoms with Crippen molar-refractivity contribution in [3.8, 4) is 0 Å². The first-order valence-electron chi connectivity index (χ1n) is 6.86. The SMILES string of the molecule is C[C@@]1(c2ccn(C(F)F)n2)CCc2cnc3cc(F)nn3c21. The minimum absolute atomic E-state index is 0.401. The van der Waals surface area contributed by atoms with Crippen LogP contribution in [0.1, 0.15) is 36.8 Å². The largest absolute Gasteiger partial charge is 0.333 e. The van der Waals surface area contributed by atoms with Gasteiger partial charge in [0.25, 0.3) is 0 Å². The molecular weight excluding hydrogens is 295 g/mol. The maximum atomic E-state index is 13.5. The number of rotatable bonds is 2. The van der Waals surface area contributed by atoms with Crippen LogP contribution < -0.4 is 0 Å². The van der Waals surface area contributed by atoms with Crippen LogP contribution in [-0.2, 0) is 11.8 Å². The Morgan fingerprint density at radius 2 is 2.14 bits per heavy atom. The van der Waals surface area contributed by atoms with E-state index in [0.717, 1.165) is 17.7 Å². The Hall–Kier alpha value is -2.38. The highest BCUT2D eigenvalue weighted by molar-refractivity contribution is 5.47. The highest BCUT2D eigenvalue weighted by Crippen LogP contribution is 2.43. The highest BCUT2D eigenvalue weighted by atomic mass is 19.3. The van der Waals surface area contributed by atoms with Gasteiger partial charge in [-0.25, -0.2) is 14.2 Å². The zero-order chi connectivity index (χ0) is 15.5. The van der Waals surface area contributed by atoms with Gasteiger partial charge in [0.2, 0.25) is 5.95 Å². The van der Waals surface area contributed by atoms with Crippen LogP contribution in [0.2, 0.25) is 0 Å². The number of fused-ring (bicyclic) bond motifs is 3. The second-order valence-corrected chi connectivity index (χ2v) is 5.66. The van der Waals surface area contributed by atoms with Gasteiger partial charge < -0.3 is 0 Å². The summed E-state index contributed by atoms with van der Waals surface area (Å²) in [5.74, 6) is -0.617. The number of hydrogen-bond acceptors (Lipinski definition) is 3. The molecule has 5 nitrogen and oxygen atoms in total. The van der Waals surface area contributed by atoms with Crippen molar-refractivity contribution in [3.05, 3.63) is 47.4 Å². The highest BCUT2D eigenvalue weighted by Gasteiger charge is 2.41. The van der Waals surface area contributed by atoms with Crippen molar-refractivity contribution in [3.63, 3.8) is 0 Å². The smallest absolute Gasteiger partial charge is 0.237 e. The molecule has 3 aromatic heterocycles. The summed E-state index contributed by atoms with van der Waals surface area (Å²) in [5.41, 5.74) is 2.02. The molecule has 0 N–H and O–H groups in total. The molecule has 22 heavy (non-hydrogen) atoms. The summed E-state index contributed by atoms with van der Waals surface area (Å²) in [6, 6.07) is 2.82. The summed E-state index contributed by atoms with van der Waals surface area (Å²) >= 11 is 0. The predicted octanol–water partition coefficient (Wildman–Crippen LogP) is 2.71. The standard InChI is InChI=1S/C14H12F3N5/c1-14(9-3-5-21(19-9)13(16)17)4-2-8-7-18-11-6-10(15)20-22(11)12(8)14/h3,5-7,13H,2,4H2,1H3/t14-/m0/s1. The van der Waals surface area contributed by atoms with E-state index in [2.05, 4.69) is 15.2 Å². The third kappa shape index (κ3) is 1.69. The topological polar surface area (TPSA) is 48.0 Å². The van der Waals surface area contributed by atoms with E-state index in [1.165, 1.54) is 16.8 Å². The van der Waals surface area contributed by atoms with Crippen molar-refractivity contribution in [2.45, 2.75) is 31.7 Å². The van der Waals surface area contributed by atoms with Crippen LogP contribution in [0.5, 0.6) is 0 Å². The maximum absolute atomic E-state index is 13.5. The molecule has 0 saturated carbocycles. The Kier molecular flexibility index (Phi) is 2.60. The number of alkyl halides is 2. The predicted molar refractivity (Wildman–Crippen MR) is 71.2 cm³/mol. The van der Waals surface area contributed by atoms with Gasteiger partial charge in [-0.15, -0.1) is 5.10 Å².